The zero-order chi connectivity index (χ0) is 12.8. The molecule has 2 rings (SSSR count). The van der Waals surface area contributed by atoms with E-state index in [2.05, 4.69) is 48.6 Å². The van der Waals surface area contributed by atoms with Crippen molar-refractivity contribution in [3.8, 4) is 0 Å². The summed E-state index contributed by atoms with van der Waals surface area (Å²) < 4.78 is 5.20. The number of hydrogen-bond donors (Lipinski definition) is 1. The molecule has 18 heavy (non-hydrogen) atoms. The first kappa shape index (κ1) is 12.7. The van der Waals surface area contributed by atoms with Gasteiger partial charge in [-0.2, -0.15) is 0 Å². The normalized spacial score (nSPS) is 10.3. The van der Waals surface area contributed by atoms with Crippen LogP contribution >= 0.6 is 0 Å². The standard InChI is InChI=1S/C16H19NO/c1-13-7-3-4-8-14(13)11-17-16-10-6-5-9-15(16)12-18-2/h3-10,17H,11-12H2,1-2H3. The maximum atomic E-state index is 5.20. The summed E-state index contributed by atoms with van der Waals surface area (Å²) in [5.74, 6) is 0. The SMILES string of the molecule is COCc1ccccc1NCc1ccccc1C. The fourth-order valence-electron chi connectivity index (χ4n) is 1.97. The van der Waals surface area contributed by atoms with Crippen LogP contribution in [0.4, 0.5) is 5.69 Å². The average Bonchev–Trinajstić information content (AvgIpc) is 2.40. The van der Waals surface area contributed by atoms with E-state index in [4.69, 9.17) is 4.74 Å². The van der Waals surface area contributed by atoms with Crippen molar-refractivity contribution in [1.29, 1.82) is 0 Å². The van der Waals surface area contributed by atoms with Crippen LogP contribution in [0.15, 0.2) is 48.5 Å². The molecular formula is C16H19NO. The molecule has 0 saturated heterocycles. The predicted molar refractivity (Wildman–Crippen MR) is 75.7 cm³/mol. The molecule has 2 heteroatoms. The van der Waals surface area contributed by atoms with E-state index in [-0.39, 0.29) is 0 Å². The van der Waals surface area contributed by atoms with Gasteiger partial charge in [0, 0.05) is 24.9 Å². The molecule has 0 amide bonds. The smallest absolute Gasteiger partial charge is 0.0733 e. The molecule has 0 fully saturated rings. The maximum Gasteiger partial charge on any atom is 0.0733 e. The van der Waals surface area contributed by atoms with Gasteiger partial charge >= 0.3 is 0 Å². The molecule has 2 nitrogen and oxygen atoms in total. The molecule has 94 valence electrons. The molecule has 0 aromatic heterocycles. The minimum Gasteiger partial charge on any atom is -0.381 e. The molecule has 0 aliphatic rings. The van der Waals surface area contributed by atoms with Crippen molar-refractivity contribution in [3.05, 3.63) is 65.2 Å². The van der Waals surface area contributed by atoms with Crippen molar-refractivity contribution >= 4 is 5.69 Å². The van der Waals surface area contributed by atoms with E-state index < -0.39 is 0 Å². The quantitative estimate of drug-likeness (QED) is 0.860. The Balaban J connectivity index is 2.08. The summed E-state index contributed by atoms with van der Waals surface area (Å²) >= 11 is 0. The highest BCUT2D eigenvalue weighted by Crippen LogP contribution is 2.17. The highest BCUT2D eigenvalue weighted by molar-refractivity contribution is 5.51. The first-order valence-electron chi connectivity index (χ1n) is 6.16. The summed E-state index contributed by atoms with van der Waals surface area (Å²) in [5, 5.41) is 3.48. The molecule has 0 saturated carbocycles. The zero-order valence-corrected chi connectivity index (χ0v) is 10.9. The van der Waals surface area contributed by atoms with Gasteiger partial charge in [-0.15, -0.1) is 0 Å². The Morgan fingerprint density at radius 2 is 1.61 bits per heavy atom. The first-order valence-corrected chi connectivity index (χ1v) is 6.16. The van der Waals surface area contributed by atoms with E-state index in [0.717, 1.165) is 12.2 Å². The third-order valence-corrected chi connectivity index (χ3v) is 3.05. The Bertz CT molecular complexity index is 508. The number of rotatable bonds is 5. The number of benzene rings is 2. The Kier molecular flexibility index (Phi) is 4.37. The summed E-state index contributed by atoms with van der Waals surface area (Å²) in [7, 11) is 1.72. The molecule has 2 aromatic carbocycles. The van der Waals surface area contributed by atoms with Crippen LogP contribution < -0.4 is 5.32 Å². The lowest BCUT2D eigenvalue weighted by atomic mass is 10.1. The van der Waals surface area contributed by atoms with Crippen LogP contribution in [0.25, 0.3) is 0 Å². The zero-order valence-electron chi connectivity index (χ0n) is 10.9. The van der Waals surface area contributed by atoms with E-state index in [9.17, 15) is 0 Å². The fraction of sp³-hybridized carbons (Fsp3) is 0.250. The number of hydrogen-bond acceptors (Lipinski definition) is 2. The van der Waals surface area contributed by atoms with Crippen LogP contribution in [-0.4, -0.2) is 7.11 Å². The molecule has 0 aliphatic heterocycles. The summed E-state index contributed by atoms with van der Waals surface area (Å²) in [5.41, 5.74) is 4.97. The number of para-hydroxylation sites is 1. The topological polar surface area (TPSA) is 21.3 Å². The molecule has 0 unspecified atom stereocenters. The van der Waals surface area contributed by atoms with E-state index in [1.54, 1.807) is 7.11 Å². The lowest BCUT2D eigenvalue weighted by Crippen LogP contribution is -2.04. The molecule has 0 atom stereocenters. The number of anilines is 1. The van der Waals surface area contributed by atoms with E-state index >= 15 is 0 Å². The molecule has 2 aromatic rings. The molecule has 0 aliphatic carbocycles. The van der Waals surface area contributed by atoms with Crippen molar-refractivity contribution in [1.82, 2.24) is 0 Å². The highest BCUT2D eigenvalue weighted by atomic mass is 16.5. The van der Waals surface area contributed by atoms with Crippen LogP contribution in [-0.2, 0) is 17.9 Å². The second-order valence-electron chi connectivity index (χ2n) is 4.37. The van der Waals surface area contributed by atoms with Gasteiger partial charge in [-0.05, 0) is 24.1 Å². The van der Waals surface area contributed by atoms with Gasteiger partial charge in [0.15, 0.2) is 0 Å². The summed E-state index contributed by atoms with van der Waals surface area (Å²) in [6.07, 6.45) is 0. The van der Waals surface area contributed by atoms with Crippen molar-refractivity contribution in [2.45, 2.75) is 20.1 Å². The minimum absolute atomic E-state index is 0.636. The van der Waals surface area contributed by atoms with Crippen LogP contribution in [0, 0.1) is 6.92 Å². The molecule has 1 N–H and O–H groups in total. The van der Waals surface area contributed by atoms with Gasteiger partial charge in [0.2, 0.25) is 0 Å². The van der Waals surface area contributed by atoms with Crippen molar-refractivity contribution < 1.29 is 4.74 Å². The van der Waals surface area contributed by atoms with Gasteiger partial charge in [-0.3, -0.25) is 0 Å². The number of aryl methyl sites for hydroxylation is 1. The van der Waals surface area contributed by atoms with Crippen LogP contribution in [0.5, 0.6) is 0 Å². The Morgan fingerprint density at radius 1 is 0.944 bits per heavy atom. The maximum absolute atomic E-state index is 5.20. The molecule has 0 radical (unpaired) electrons. The average molecular weight is 241 g/mol. The summed E-state index contributed by atoms with van der Waals surface area (Å²) in [6.45, 7) is 3.61. The Hall–Kier alpha value is -1.80. The Labute approximate surface area is 109 Å². The molecule has 0 heterocycles. The van der Waals surface area contributed by atoms with Gasteiger partial charge in [0.05, 0.1) is 6.61 Å². The molecule has 0 bridgehead atoms. The van der Waals surface area contributed by atoms with Gasteiger partial charge in [0.1, 0.15) is 0 Å². The van der Waals surface area contributed by atoms with Crippen LogP contribution in [0.3, 0.4) is 0 Å². The van der Waals surface area contributed by atoms with Gasteiger partial charge in [-0.25, -0.2) is 0 Å². The van der Waals surface area contributed by atoms with Gasteiger partial charge in [0.25, 0.3) is 0 Å². The summed E-state index contributed by atoms with van der Waals surface area (Å²) in [4.78, 5) is 0. The number of ether oxygens (including phenoxy) is 1. The van der Waals surface area contributed by atoms with E-state index in [0.29, 0.717) is 6.61 Å². The van der Waals surface area contributed by atoms with Crippen molar-refractivity contribution in [2.24, 2.45) is 0 Å². The van der Waals surface area contributed by atoms with Gasteiger partial charge in [-0.1, -0.05) is 42.5 Å². The van der Waals surface area contributed by atoms with Crippen LogP contribution in [0.2, 0.25) is 0 Å². The second kappa shape index (κ2) is 6.22. The van der Waals surface area contributed by atoms with Crippen LogP contribution in [0.1, 0.15) is 16.7 Å². The third-order valence-electron chi connectivity index (χ3n) is 3.05. The number of methoxy groups -OCH3 is 1. The summed E-state index contributed by atoms with van der Waals surface area (Å²) in [6, 6.07) is 16.7. The van der Waals surface area contributed by atoms with E-state index in [1.807, 2.05) is 12.1 Å². The van der Waals surface area contributed by atoms with Crippen molar-refractivity contribution in [2.75, 3.05) is 12.4 Å². The molecule has 0 spiro atoms. The van der Waals surface area contributed by atoms with Crippen molar-refractivity contribution in [3.63, 3.8) is 0 Å². The third kappa shape index (κ3) is 3.11. The lowest BCUT2D eigenvalue weighted by Gasteiger charge is -2.12. The van der Waals surface area contributed by atoms with E-state index in [1.165, 1.54) is 16.7 Å². The highest BCUT2D eigenvalue weighted by Gasteiger charge is 2.02. The fourth-order valence-corrected chi connectivity index (χ4v) is 1.97. The minimum atomic E-state index is 0.636. The Morgan fingerprint density at radius 3 is 2.33 bits per heavy atom. The number of nitrogens with one attached hydrogen (secondary N) is 1. The molecular weight excluding hydrogens is 222 g/mol. The predicted octanol–water partition coefficient (Wildman–Crippen LogP) is 3.75. The first-order chi connectivity index (χ1) is 8.81. The second-order valence-corrected chi connectivity index (χ2v) is 4.37. The lowest BCUT2D eigenvalue weighted by molar-refractivity contribution is 0.185. The largest absolute Gasteiger partial charge is 0.381 e. The monoisotopic (exact) mass is 241 g/mol. The van der Waals surface area contributed by atoms with Gasteiger partial charge < -0.3 is 10.1 Å².